The summed E-state index contributed by atoms with van der Waals surface area (Å²) in [5.41, 5.74) is 1.63. The minimum absolute atomic E-state index is 0.107. The first-order chi connectivity index (χ1) is 17.3. The van der Waals surface area contributed by atoms with Crippen molar-refractivity contribution < 1.29 is 28.9 Å². The predicted octanol–water partition coefficient (Wildman–Crippen LogP) is 6.83. The zero-order chi connectivity index (χ0) is 26.2. The molecule has 2 aromatic rings. The Morgan fingerprint density at radius 1 is 1.11 bits per heavy atom. The van der Waals surface area contributed by atoms with Crippen molar-refractivity contribution in [3.63, 3.8) is 0 Å². The molecule has 0 atom stereocenters. The van der Waals surface area contributed by atoms with Crippen molar-refractivity contribution in [2.45, 2.75) is 33.8 Å². The van der Waals surface area contributed by atoms with Crippen molar-refractivity contribution in [2.75, 3.05) is 13.2 Å². The van der Waals surface area contributed by atoms with Gasteiger partial charge >= 0.3 is 5.97 Å². The highest BCUT2D eigenvalue weighted by Gasteiger charge is 2.33. The van der Waals surface area contributed by atoms with E-state index in [1.54, 1.807) is 26.0 Å². The monoisotopic (exact) mass is 685 g/mol. The highest BCUT2D eigenvalue weighted by Crippen LogP contribution is 2.41. The van der Waals surface area contributed by atoms with Gasteiger partial charge in [-0.3, -0.25) is 4.79 Å². The molecule has 7 nitrogen and oxygen atoms in total. The Balaban J connectivity index is 1.96. The number of amides is 1. The van der Waals surface area contributed by atoms with Gasteiger partial charge in [0, 0.05) is 10.9 Å². The lowest BCUT2D eigenvalue weighted by Gasteiger charge is -2.15. The summed E-state index contributed by atoms with van der Waals surface area (Å²) in [6.07, 6.45) is 1.89. The van der Waals surface area contributed by atoms with Gasteiger partial charge in [0.05, 0.1) is 21.7 Å². The van der Waals surface area contributed by atoms with Crippen LogP contribution in [0.25, 0.3) is 6.08 Å². The molecule has 0 aliphatic carbocycles. The number of carbonyl (C=O) groups is 2. The van der Waals surface area contributed by atoms with Crippen LogP contribution in [0.5, 0.6) is 11.5 Å². The molecule has 0 saturated heterocycles. The zero-order valence-electron chi connectivity index (χ0n) is 20.0. The topological polar surface area (TPSA) is 94.4 Å². The Morgan fingerprint density at radius 2 is 1.83 bits per heavy atom. The number of hydrogen-bond donors (Lipinski definition) is 1. The summed E-state index contributed by atoms with van der Waals surface area (Å²) in [5, 5.41) is 10.9. The van der Waals surface area contributed by atoms with Gasteiger partial charge in [0.15, 0.2) is 11.5 Å². The molecule has 0 fully saturated rings. The number of nitrogens with zero attached hydrogens (tertiary/aromatic N) is 1. The van der Waals surface area contributed by atoms with Gasteiger partial charge in [0.1, 0.15) is 23.0 Å². The molecule has 0 saturated carbocycles. The van der Waals surface area contributed by atoms with Crippen LogP contribution in [0.15, 0.2) is 62.1 Å². The first kappa shape index (κ1) is 28.3. The average molecular weight is 686 g/mol. The smallest absolute Gasteiger partial charge is 0.344 e. The third-order valence-corrected chi connectivity index (χ3v) is 7.17. The van der Waals surface area contributed by atoms with Crippen LogP contribution < -0.4 is 9.47 Å². The fourth-order valence-corrected chi connectivity index (χ4v) is 5.22. The van der Waals surface area contributed by atoms with Crippen molar-refractivity contribution >= 4 is 73.3 Å². The number of aliphatic hydroxyl groups excluding tert-OH is 1. The predicted molar refractivity (Wildman–Crippen MR) is 153 cm³/mol. The molecule has 1 N–H and O–H groups in total. The molecule has 0 radical (unpaired) electrons. The third-order valence-electron chi connectivity index (χ3n) is 4.82. The number of aliphatic hydroxyl groups is 1. The van der Waals surface area contributed by atoms with E-state index in [0.29, 0.717) is 29.6 Å². The van der Waals surface area contributed by atoms with E-state index in [2.05, 4.69) is 43.5 Å². The van der Waals surface area contributed by atoms with E-state index in [4.69, 9.17) is 14.2 Å². The Kier molecular flexibility index (Phi) is 10.4. The highest BCUT2D eigenvalue weighted by atomic mass is 127. The number of esters is 1. The van der Waals surface area contributed by atoms with Crippen molar-refractivity contribution in [3.05, 3.63) is 71.8 Å². The second kappa shape index (κ2) is 13.3. The molecule has 0 bridgehead atoms. The first-order valence-electron chi connectivity index (χ1n) is 11.2. The highest BCUT2D eigenvalue weighted by molar-refractivity contribution is 14.1. The number of aliphatic imine (C=N–C) groups is 1. The van der Waals surface area contributed by atoms with Crippen molar-refractivity contribution in [1.29, 1.82) is 0 Å². The molecule has 1 heterocycles. The maximum absolute atomic E-state index is 12.5. The number of hydrogen-bond acceptors (Lipinski definition) is 7. The molecule has 2 aromatic carbocycles. The molecule has 1 aliphatic rings. The van der Waals surface area contributed by atoms with E-state index >= 15 is 0 Å². The van der Waals surface area contributed by atoms with Crippen LogP contribution >= 0.6 is 50.3 Å². The minimum atomic E-state index is -0.727. The van der Waals surface area contributed by atoms with Gasteiger partial charge in [-0.25, -0.2) is 9.79 Å². The Morgan fingerprint density at radius 3 is 2.47 bits per heavy atom. The molecule has 0 aromatic heterocycles. The summed E-state index contributed by atoms with van der Waals surface area (Å²) in [4.78, 5) is 28.8. The van der Waals surface area contributed by atoms with E-state index in [1.165, 1.54) is 0 Å². The minimum Gasteiger partial charge on any atom is -0.506 e. The fraction of sp³-hybridized carbons (Fsp3) is 0.269. The van der Waals surface area contributed by atoms with Crippen molar-refractivity contribution in [2.24, 2.45) is 4.99 Å². The SMILES string of the molecule is CCOC(=O)C1=C(O)/C(=C/c2cc(I)c(OCc3ccc(Br)cc3)c(OCC)c2)SC1=NC(=O)CC. The molecule has 1 aliphatic heterocycles. The molecule has 1 amide bonds. The maximum Gasteiger partial charge on any atom is 0.344 e. The van der Waals surface area contributed by atoms with Crippen LogP contribution in [0.4, 0.5) is 0 Å². The number of rotatable bonds is 9. The largest absolute Gasteiger partial charge is 0.506 e. The van der Waals surface area contributed by atoms with Crippen molar-refractivity contribution in [3.8, 4) is 11.5 Å². The number of thioether (sulfide) groups is 1. The Hall–Kier alpha value is -2.31. The quantitative estimate of drug-likeness (QED) is 0.229. The summed E-state index contributed by atoms with van der Waals surface area (Å²) in [6, 6.07) is 11.6. The second-order valence-electron chi connectivity index (χ2n) is 7.40. The summed E-state index contributed by atoms with van der Waals surface area (Å²) < 4.78 is 18.8. The molecule has 0 unspecified atom stereocenters. The Bertz CT molecular complexity index is 1240. The number of carbonyl (C=O) groups excluding carboxylic acids is 2. The van der Waals surface area contributed by atoms with E-state index in [9.17, 15) is 14.7 Å². The molecule has 36 heavy (non-hydrogen) atoms. The van der Waals surface area contributed by atoms with Crippen molar-refractivity contribution in [1.82, 2.24) is 0 Å². The molecule has 10 heteroatoms. The van der Waals surface area contributed by atoms with Gasteiger partial charge in [-0.2, -0.15) is 0 Å². The molecule has 190 valence electrons. The van der Waals surface area contributed by atoms with E-state index < -0.39 is 11.9 Å². The van der Waals surface area contributed by atoms with Gasteiger partial charge in [-0.15, -0.1) is 0 Å². The summed E-state index contributed by atoms with van der Waals surface area (Å²) >= 11 is 6.65. The lowest BCUT2D eigenvalue weighted by molar-refractivity contribution is -0.138. The summed E-state index contributed by atoms with van der Waals surface area (Å²) in [6.45, 7) is 6.17. The van der Waals surface area contributed by atoms with Crippen LogP contribution in [0.1, 0.15) is 38.3 Å². The van der Waals surface area contributed by atoms with Gasteiger partial charge in [-0.1, -0.05) is 46.7 Å². The molecular formula is C26H25BrINO6S. The van der Waals surface area contributed by atoms with E-state index in [1.807, 2.05) is 37.3 Å². The van der Waals surface area contributed by atoms with Gasteiger partial charge in [0.25, 0.3) is 0 Å². The number of halogens is 2. The second-order valence-corrected chi connectivity index (χ2v) is 10.5. The maximum atomic E-state index is 12.5. The van der Waals surface area contributed by atoms with Crippen LogP contribution in [0.3, 0.4) is 0 Å². The first-order valence-corrected chi connectivity index (χ1v) is 13.9. The van der Waals surface area contributed by atoms with Crippen LogP contribution in [-0.2, 0) is 20.9 Å². The molecule has 3 rings (SSSR count). The zero-order valence-corrected chi connectivity index (χ0v) is 24.5. The Labute approximate surface area is 236 Å². The van der Waals surface area contributed by atoms with Crippen LogP contribution in [0, 0.1) is 3.57 Å². The fourth-order valence-electron chi connectivity index (χ4n) is 3.15. The molecule has 0 spiro atoms. The lowest BCUT2D eigenvalue weighted by Crippen LogP contribution is -2.14. The van der Waals surface area contributed by atoms with Crippen LogP contribution in [-0.4, -0.2) is 35.2 Å². The third kappa shape index (κ3) is 7.13. The molecular weight excluding hydrogens is 661 g/mol. The average Bonchev–Trinajstić information content (AvgIpc) is 3.14. The normalized spacial score (nSPS) is 15.5. The van der Waals surface area contributed by atoms with Gasteiger partial charge < -0.3 is 19.3 Å². The lowest BCUT2D eigenvalue weighted by atomic mass is 10.1. The summed E-state index contributed by atoms with van der Waals surface area (Å²) in [5.74, 6) is -0.224. The van der Waals surface area contributed by atoms with E-state index in [0.717, 1.165) is 30.9 Å². The van der Waals surface area contributed by atoms with Gasteiger partial charge in [0.2, 0.25) is 5.91 Å². The summed E-state index contributed by atoms with van der Waals surface area (Å²) in [7, 11) is 0. The number of benzene rings is 2. The van der Waals surface area contributed by atoms with Crippen LogP contribution in [0.2, 0.25) is 0 Å². The number of ether oxygens (including phenoxy) is 3. The van der Waals surface area contributed by atoms with Gasteiger partial charge in [-0.05, 0) is 77.9 Å². The van der Waals surface area contributed by atoms with E-state index in [-0.39, 0.29) is 29.4 Å². The standard InChI is InChI=1S/C26H25BrINO6S/c1-4-21(30)29-25-22(26(32)34-6-3)23(31)20(36-25)13-16-11-18(28)24(19(12-16)33-5-2)35-14-15-7-9-17(27)10-8-15/h7-13,31H,4-6,14H2,1-3H3/b20-13-,29-25?.